The number of methoxy groups -OCH3 is 1. The molecular weight excluding hydrogens is 264 g/mol. The van der Waals surface area contributed by atoms with E-state index in [0.717, 1.165) is 23.3 Å². The van der Waals surface area contributed by atoms with Crippen LogP contribution in [0.5, 0.6) is 11.5 Å². The third-order valence-corrected chi connectivity index (χ3v) is 2.87. The molecule has 0 radical (unpaired) electrons. The smallest absolute Gasteiger partial charge is 0.162 e. The lowest BCUT2D eigenvalue weighted by Gasteiger charge is -2.12. The first kappa shape index (κ1) is 14.3. The number of nitrogens with two attached hydrogens (primary N) is 1. The van der Waals surface area contributed by atoms with Gasteiger partial charge in [0, 0.05) is 18.2 Å². The number of hydrogen-bond donors (Lipinski definition) is 1. The van der Waals surface area contributed by atoms with Crippen LogP contribution in [0.15, 0.2) is 36.4 Å². The van der Waals surface area contributed by atoms with Crippen molar-refractivity contribution >= 4 is 0 Å². The first-order valence-corrected chi connectivity index (χ1v) is 6.07. The fourth-order valence-electron chi connectivity index (χ4n) is 1.80. The van der Waals surface area contributed by atoms with Crippen LogP contribution in [0.3, 0.4) is 0 Å². The van der Waals surface area contributed by atoms with Gasteiger partial charge < -0.3 is 15.2 Å². The standard InChI is InChI=1S/C15H15F2NO2/c1-19-15-5-2-10(8-18)6-11(15)9-20-12-3-4-13(16)14(17)7-12/h2-7H,8-9,18H2,1H3. The van der Waals surface area contributed by atoms with E-state index in [1.807, 2.05) is 12.1 Å². The van der Waals surface area contributed by atoms with Crippen LogP contribution in [0.1, 0.15) is 11.1 Å². The van der Waals surface area contributed by atoms with Crippen molar-refractivity contribution < 1.29 is 18.3 Å². The van der Waals surface area contributed by atoms with Gasteiger partial charge in [-0.2, -0.15) is 0 Å². The number of halogens is 2. The number of hydrogen-bond acceptors (Lipinski definition) is 3. The van der Waals surface area contributed by atoms with E-state index in [-0.39, 0.29) is 12.4 Å². The van der Waals surface area contributed by atoms with Crippen LogP contribution < -0.4 is 15.2 Å². The van der Waals surface area contributed by atoms with E-state index in [9.17, 15) is 8.78 Å². The molecule has 2 N–H and O–H groups in total. The Kier molecular flexibility index (Phi) is 4.53. The van der Waals surface area contributed by atoms with Crippen molar-refractivity contribution in [3.63, 3.8) is 0 Å². The topological polar surface area (TPSA) is 44.5 Å². The quantitative estimate of drug-likeness (QED) is 0.915. The maximum Gasteiger partial charge on any atom is 0.162 e. The van der Waals surface area contributed by atoms with Gasteiger partial charge in [-0.05, 0) is 29.8 Å². The van der Waals surface area contributed by atoms with Crippen molar-refractivity contribution in [2.75, 3.05) is 7.11 Å². The maximum atomic E-state index is 13.1. The second-order valence-electron chi connectivity index (χ2n) is 4.21. The third-order valence-electron chi connectivity index (χ3n) is 2.87. The van der Waals surface area contributed by atoms with Gasteiger partial charge in [0.1, 0.15) is 18.1 Å². The van der Waals surface area contributed by atoms with Crippen molar-refractivity contribution in [3.05, 3.63) is 59.2 Å². The molecule has 0 saturated heterocycles. The molecule has 5 heteroatoms. The van der Waals surface area contributed by atoms with Crippen LogP contribution in [-0.4, -0.2) is 7.11 Å². The van der Waals surface area contributed by atoms with Gasteiger partial charge >= 0.3 is 0 Å². The SMILES string of the molecule is COc1ccc(CN)cc1COc1ccc(F)c(F)c1. The summed E-state index contributed by atoms with van der Waals surface area (Å²) in [6, 6.07) is 8.93. The Morgan fingerprint density at radius 3 is 2.50 bits per heavy atom. The van der Waals surface area contributed by atoms with Crippen molar-refractivity contribution in [2.45, 2.75) is 13.2 Å². The average molecular weight is 279 g/mol. The van der Waals surface area contributed by atoms with Crippen molar-refractivity contribution in [1.82, 2.24) is 0 Å². The van der Waals surface area contributed by atoms with E-state index in [0.29, 0.717) is 12.3 Å². The Hall–Kier alpha value is -2.14. The predicted molar refractivity (Wildman–Crippen MR) is 71.6 cm³/mol. The molecule has 0 amide bonds. The molecule has 0 heterocycles. The Labute approximate surface area is 115 Å². The molecule has 0 bridgehead atoms. The highest BCUT2D eigenvalue weighted by atomic mass is 19.2. The molecular formula is C15H15F2NO2. The van der Waals surface area contributed by atoms with Gasteiger partial charge in [0.2, 0.25) is 0 Å². The lowest BCUT2D eigenvalue weighted by atomic mass is 10.1. The van der Waals surface area contributed by atoms with Gasteiger partial charge in [0.15, 0.2) is 11.6 Å². The van der Waals surface area contributed by atoms with Crippen LogP contribution >= 0.6 is 0 Å². The summed E-state index contributed by atoms with van der Waals surface area (Å²) in [6.45, 7) is 0.588. The van der Waals surface area contributed by atoms with E-state index in [1.165, 1.54) is 6.07 Å². The van der Waals surface area contributed by atoms with Gasteiger partial charge in [-0.3, -0.25) is 0 Å². The lowest BCUT2D eigenvalue weighted by Crippen LogP contribution is -2.02. The zero-order valence-corrected chi connectivity index (χ0v) is 11.0. The molecule has 0 aliphatic heterocycles. The van der Waals surface area contributed by atoms with Crippen LogP contribution in [0.2, 0.25) is 0 Å². The summed E-state index contributed by atoms with van der Waals surface area (Å²) in [6.07, 6.45) is 0. The minimum Gasteiger partial charge on any atom is -0.496 e. The Morgan fingerprint density at radius 1 is 1.05 bits per heavy atom. The van der Waals surface area contributed by atoms with Crippen LogP contribution in [0, 0.1) is 11.6 Å². The number of ether oxygens (including phenoxy) is 2. The maximum absolute atomic E-state index is 13.1. The van der Waals surface area contributed by atoms with Crippen LogP contribution in [0.25, 0.3) is 0 Å². The van der Waals surface area contributed by atoms with E-state index < -0.39 is 11.6 Å². The largest absolute Gasteiger partial charge is 0.496 e. The normalized spacial score (nSPS) is 10.4. The molecule has 2 aromatic rings. The molecule has 0 spiro atoms. The Bertz CT molecular complexity index is 602. The minimum absolute atomic E-state index is 0.183. The molecule has 2 aromatic carbocycles. The van der Waals surface area contributed by atoms with Crippen LogP contribution in [-0.2, 0) is 13.2 Å². The summed E-state index contributed by atoms with van der Waals surface area (Å²) in [5.41, 5.74) is 7.31. The summed E-state index contributed by atoms with van der Waals surface area (Å²) >= 11 is 0. The molecule has 3 nitrogen and oxygen atoms in total. The minimum atomic E-state index is -0.940. The molecule has 106 valence electrons. The van der Waals surface area contributed by atoms with Gasteiger partial charge in [0.25, 0.3) is 0 Å². The second-order valence-corrected chi connectivity index (χ2v) is 4.21. The third kappa shape index (κ3) is 3.24. The summed E-state index contributed by atoms with van der Waals surface area (Å²) < 4.78 is 36.6. The fraction of sp³-hybridized carbons (Fsp3) is 0.200. The van der Waals surface area contributed by atoms with E-state index in [2.05, 4.69) is 0 Å². The highest BCUT2D eigenvalue weighted by Gasteiger charge is 2.07. The molecule has 0 fully saturated rings. The van der Waals surface area contributed by atoms with Gasteiger partial charge in [0.05, 0.1) is 7.11 Å². The summed E-state index contributed by atoms with van der Waals surface area (Å²) in [5.74, 6) is -0.931. The van der Waals surface area contributed by atoms with E-state index >= 15 is 0 Å². The summed E-state index contributed by atoms with van der Waals surface area (Å²) in [7, 11) is 1.55. The number of benzene rings is 2. The first-order chi connectivity index (χ1) is 9.63. The fourth-order valence-corrected chi connectivity index (χ4v) is 1.80. The molecule has 0 aromatic heterocycles. The Morgan fingerprint density at radius 2 is 1.85 bits per heavy atom. The van der Waals surface area contributed by atoms with E-state index in [1.54, 1.807) is 13.2 Å². The highest BCUT2D eigenvalue weighted by molar-refractivity contribution is 5.37. The molecule has 0 aliphatic carbocycles. The van der Waals surface area contributed by atoms with Crippen molar-refractivity contribution in [3.8, 4) is 11.5 Å². The molecule has 0 saturated carbocycles. The molecule has 2 rings (SSSR count). The van der Waals surface area contributed by atoms with Crippen molar-refractivity contribution in [1.29, 1.82) is 0 Å². The molecule has 0 unspecified atom stereocenters. The predicted octanol–water partition coefficient (Wildman–Crippen LogP) is 3.01. The van der Waals surface area contributed by atoms with Crippen molar-refractivity contribution in [2.24, 2.45) is 5.73 Å². The molecule has 0 aliphatic rings. The molecule has 0 atom stereocenters. The summed E-state index contributed by atoms with van der Waals surface area (Å²) in [4.78, 5) is 0. The van der Waals surface area contributed by atoms with E-state index in [4.69, 9.17) is 15.2 Å². The zero-order chi connectivity index (χ0) is 14.5. The summed E-state index contributed by atoms with van der Waals surface area (Å²) in [5, 5.41) is 0. The highest BCUT2D eigenvalue weighted by Crippen LogP contribution is 2.23. The van der Waals surface area contributed by atoms with Gasteiger partial charge in [-0.25, -0.2) is 8.78 Å². The zero-order valence-electron chi connectivity index (χ0n) is 11.0. The Balaban J connectivity index is 2.15. The molecule has 20 heavy (non-hydrogen) atoms. The van der Waals surface area contributed by atoms with Gasteiger partial charge in [-0.1, -0.05) is 6.07 Å². The van der Waals surface area contributed by atoms with Crippen LogP contribution in [0.4, 0.5) is 8.78 Å². The first-order valence-electron chi connectivity index (χ1n) is 6.07. The second kappa shape index (κ2) is 6.34. The monoisotopic (exact) mass is 279 g/mol. The average Bonchev–Trinajstić information content (AvgIpc) is 2.48. The van der Waals surface area contributed by atoms with Gasteiger partial charge in [-0.15, -0.1) is 0 Å². The lowest BCUT2D eigenvalue weighted by molar-refractivity contribution is 0.294. The number of rotatable bonds is 5.